The number of aliphatic imine (C=N–C) groups is 2. The maximum Gasteiger partial charge on any atom is 0.169 e. The molecule has 0 saturated carbocycles. The number of amidine groups is 2. The van der Waals surface area contributed by atoms with Crippen molar-refractivity contribution >= 4 is 139 Å². The van der Waals surface area contributed by atoms with Gasteiger partial charge in [0.15, 0.2) is 6.17 Å². The Morgan fingerprint density at radius 2 is 0.912 bits per heavy atom. The fourth-order valence-electron chi connectivity index (χ4n) is 10.6. The minimum atomic E-state index is -0.519. The Kier molecular flexibility index (Phi) is 8.30. The minimum absolute atomic E-state index is 0.519. The Labute approximate surface area is 402 Å². The van der Waals surface area contributed by atoms with Crippen molar-refractivity contribution in [3.8, 4) is 16.8 Å². The fourth-order valence-corrected chi connectivity index (χ4v) is 14.2. The second-order valence-electron chi connectivity index (χ2n) is 17.7. The van der Waals surface area contributed by atoms with Gasteiger partial charge in [0.25, 0.3) is 0 Å². The van der Waals surface area contributed by atoms with Crippen LogP contribution in [0.2, 0.25) is 0 Å². The van der Waals surface area contributed by atoms with E-state index in [1.54, 1.807) is 0 Å². The quantitative estimate of drug-likeness (QED) is 0.184. The molecule has 5 heterocycles. The van der Waals surface area contributed by atoms with Crippen molar-refractivity contribution in [2.75, 3.05) is 0 Å². The second kappa shape index (κ2) is 14.8. The Balaban J connectivity index is 0.974. The largest absolute Gasteiger partial charge is 0.324 e. The number of para-hydroxylation sites is 1. The van der Waals surface area contributed by atoms with Crippen LogP contribution in [0.1, 0.15) is 22.9 Å². The van der Waals surface area contributed by atoms with Crippen molar-refractivity contribution in [1.29, 1.82) is 0 Å². The third-order valence-corrected chi connectivity index (χ3v) is 17.3. The van der Waals surface area contributed by atoms with Crippen LogP contribution in [0.15, 0.2) is 216 Å². The molecule has 68 heavy (non-hydrogen) atoms. The summed E-state index contributed by atoms with van der Waals surface area (Å²) >= 11 is 5.52. The summed E-state index contributed by atoms with van der Waals surface area (Å²) in [4.78, 5) is 11.1. The monoisotopic (exact) mass is 920 g/mol. The molecule has 4 aromatic heterocycles. The number of hydrogen-bond acceptors (Lipinski definition) is 6. The van der Waals surface area contributed by atoms with Gasteiger partial charge >= 0.3 is 0 Å². The molecule has 0 spiro atoms. The Morgan fingerprint density at radius 1 is 0.368 bits per heavy atom. The van der Waals surface area contributed by atoms with Crippen LogP contribution in [0.3, 0.4) is 0 Å². The summed E-state index contributed by atoms with van der Waals surface area (Å²) in [6.07, 6.45) is -0.519. The van der Waals surface area contributed by atoms with Crippen LogP contribution in [-0.4, -0.2) is 16.2 Å². The number of fused-ring (bicyclic) bond motifs is 13. The lowest BCUT2D eigenvalue weighted by molar-refractivity contribution is 0.756. The highest BCUT2D eigenvalue weighted by Gasteiger charge is 2.25. The van der Waals surface area contributed by atoms with Crippen LogP contribution in [0, 0.1) is 0 Å². The second-order valence-corrected chi connectivity index (χ2v) is 20.9. The first-order valence-electron chi connectivity index (χ1n) is 22.9. The first-order chi connectivity index (χ1) is 33.7. The average molecular weight is 921 g/mol. The molecule has 0 fully saturated rings. The SMILES string of the molecule is c1ccc2cc3c(cc2c1)c1ccccc1n3-c1ccc(C2N=C(c3ccc4c(c3)sc3ccccc34)NC(c3ccc4c(c3)sc3ccccc34)=N2)cc1-c1cccc2c1sc1ccccc12. The number of hydrogen-bond donors (Lipinski definition) is 1. The van der Waals surface area contributed by atoms with E-state index < -0.39 is 6.17 Å². The first-order valence-corrected chi connectivity index (χ1v) is 25.3. The molecule has 1 aliphatic heterocycles. The molecular weight excluding hydrogens is 885 g/mol. The van der Waals surface area contributed by atoms with E-state index in [1.165, 1.54) is 98.7 Å². The van der Waals surface area contributed by atoms with Gasteiger partial charge < -0.3 is 9.88 Å². The van der Waals surface area contributed by atoms with E-state index in [-0.39, 0.29) is 0 Å². The normalized spacial score (nSPS) is 13.5. The van der Waals surface area contributed by atoms with Crippen molar-refractivity contribution in [2.24, 2.45) is 9.98 Å². The molecule has 0 bridgehead atoms. The fraction of sp³-hybridized carbons (Fsp3) is 0.0164. The standard InChI is InChI=1S/C61H36N4S3/c1-2-13-36-32-52-48(30-35(36)12-1)40-14-3-7-20-50(40)65(52)51-29-26-37(31-49(51)47-19-11-18-46-43-17-6-10-23-55(43)68-58(46)47)59-62-60(38-24-27-44-41-15-4-8-21-53(41)66-56(44)33-38)64-61(63-59)39-25-28-45-42-16-5-9-22-54(42)67-57(45)34-39/h1-34,59H,(H,62,63,64). The van der Waals surface area contributed by atoms with Gasteiger partial charge in [0.1, 0.15) is 11.7 Å². The molecule has 15 rings (SSSR count). The van der Waals surface area contributed by atoms with E-state index in [9.17, 15) is 0 Å². The number of thiophene rings is 3. The zero-order valence-corrected chi connectivity index (χ0v) is 38.7. The number of aromatic nitrogens is 1. The van der Waals surface area contributed by atoms with E-state index in [4.69, 9.17) is 9.98 Å². The van der Waals surface area contributed by atoms with Gasteiger partial charge in [-0.1, -0.05) is 146 Å². The highest BCUT2D eigenvalue weighted by Crippen LogP contribution is 2.45. The van der Waals surface area contributed by atoms with Crippen LogP contribution < -0.4 is 5.32 Å². The molecule has 0 saturated heterocycles. The molecule has 1 aliphatic rings. The van der Waals surface area contributed by atoms with Crippen molar-refractivity contribution in [1.82, 2.24) is 9.88 Å². The predicted molar refractivity (Wildman–Crippen MR) is 294 cm³/mol. The van der Waals surface area contributed by atoms with Crippen molar-refractivity contribution in [3.05, 3.63) is 223 Å². The van der Waals surface area contributed by atoms with Gasteiger partial charge in [-0.2, -0.15) is 0 Å². The molecular formula is C61H36N4S3. The molecule has 14 aromatic rings. The summed E-state index contributed by atoms with van der Waals surface area (Å²) in [6, 6.07) is 75.7. The molecule has 4 nitrogen and oxygen atoms in total. The Bertz CT molecular complexity index is 4370. The lowest BCUT2D eigenvalue weighted by Gasteiger charge is -2.24. The van der Waals surface area contributed by atoms with E-state index in [0.717, 1.165) is 39.6 Å². The molecule has 0 atom stereocenters. The van der Waals surface area contributed by atoms with Gasteiger partial charge in [-0.15, -0.1) is 34.0 Å². The summed E-state index contributed by atoms with van der Waals surface area (Å²) < 4.78 is 10.1. The topological polar surface area (TPSA) is 41.7 Å². The molecule has 0 radical (unpaired) electrons. The van der Waals surface area contributed by atoms with E-state index in [0.29, 0.717) is 0 Å². The smallest absolute Gasteiger partial charge is 0.169 e. The maximum absolute atomic E-state index is 5.54. The summed E-state index contributed by atoms with van der Waals surface area (Å²) in [7, 11) is 0. The minimum Gasteiger partial charge on any atom is -0.324 e. The van der Waals surface area contributed by atoms with Gasteiger partial charge in [0, 0.05) is 93.5 Å². The first kappa shape index (κ1) is 38.2. The highest BCUT2D eigenvalue weighted by molar-refractivity contribution is 7.26. The van der Waals surface area contributed by atoms with Crippen LogP contribution in [0.4, 0.5) is 0 Å². The predicted octanol–water partition coefficient (Wildman–Crippen LogP) is 17.2. The zero-order valence-electron chi connectivity index (χ0n) is 36.3. The van der Waals surface area contributed by atoms with Crippen LogP contribution >= 0.6 is 34.0 Å². The third kappa shape index (κ3) is 5.83. The number of rotatable bonds is 5. The number of nitrogens with zero attached hydrogens (tertiary/aromatic N) is 3. The lowest BCUT2D eigenvalue weighted by atomic mass is 9.97. The molecule has 1 N–H and O–H groups in total. The molecule has 0 amide bonds. The van der Waals surface area contributed by atoms with Gasteiger partial charge in [0.05, 0.1) is 16.7 Å². The zero-order chi connectivity index (χ0) is 44.5. The van der Waals surface area contributed by atoms with Gasteiger partial charge in [0.2, 0.25) is 0 Å². The number of nitrogens with one attached hydrogen (secondary N) is 1. The number of benzene rings is 10. The maximum atomic E-state index is 5.54. The van der Waals surface area contributed by atoms with Crippen LogP contribution in [-0.2, 0) is 0 Å². The molecule has 7 heteroatoms. The molecule has 318 valence electrons. The average Bonchev–Trinajstić information content (AvgIpc) is 4.16. The molecule has 10 aromatic carbocycles. The Morgan fingerprint density at radius 3 is 1.59 bits per heavy atom. The summed E-state index contributed by atoms with van der Waals surface area (Å²) in [5.74, 6) is 1.62. The van der Waals surface area contributed by atoms with Crippen molar-refractivity contribution in [3.63, 3.8) is 0 Å². The highest BCUT2D eigenvalue weighted by atomic mass is 32.1. The molecule has 0 unspecified atom stereocenters. The van der Waals surface area contributed by atoms with E-state index in [1.807, 2.05) is 34.0 Å². The lowest BCUT2D eigenvalue weighted by Crippen LogP contribution is -2.36. The van der Waals surface area contributed by atoms with Gasteiger partial charge in [-0.3, -0.25) is 0 Å². The summed E-state index contributed by atoms with van der Waals surface area (Å²) in [5.41, 5.74) is 8.90. The Hall–Kier alpha value is -7.94. The van der Waals surface area contributed by atoms with Crippen LogP contribution in [0.5, 0.6) is 0 Å². The van der Waals surface area contributed by atoms with Crippen LogP contribution in [0.25, 0.3) is 110 Å². The van der Waals surface area contributed by atoms with Crippen molar-refractivity contribution in [2.45, 2.75) is 6.17 Å². The molecule has 0 aliphatic carbocycles. The van der Waals surface area contributed by atoms with Gasteiger partial charge in [-0.05, 0) is 77.0 Å². The van der Waals surface area contributed by atoms with Crippen molar-refractivity contribution < 1.29 is 0 Å². The third-order valence-electron chi connectivity index (χ3n) is 13.8. The van der Waals surface area contributed by atoms with E-state index >= 15 is 0 Å². The summed E-state index contributed by atoms with van der Waals surface area (Å²) in [6.45, 7) is 0. The van der Waals surface area contributed by atoms with Gasteiger partial charge in [-0.25, -0.2) is 9.98 Å². The van der Waals surface area contributed by atoms with E-state index in [2.05, 4.69) is 216 Å². The summed E-state index contributed by atoms with van der Waals surface area (Å²) in [5, 5.41) is 16.3.